The summed E-state index contributed by atoms with van der Waals surface area (Å²) >= 11 is 0. The van der Waals surface area contributed by atoms with E-state index in [2.05, 4.69) is 4.99 Å². The predicted molar refractivity (Wildman–Crippen MR) is 58.9 cm³/mol. The number of hydrogen-bond acceptors (Lipinski definition) is 3. The SMILES string of the molecule is CC(C)Oc1ccc(CCN=C=O)cc1F. The van der Waals surface area contributed by atoms with Crippen LogP contribution < -0.4 is 4.74 Å². The van der Waals surface area contributed by atoms with Crippen LogP contribution in [0, 0.1) is 5.82 Å². The van der Waals surface area contributed by atoms with Crippen LogP contribution in [-0.2, 0) is 11.2 Å². The number of nitrogens with zero attached hydrogens (tertiary/aromatic N) is 1. The molecule has 0 saturated carbocycles. The molecule has 4 heteroatoms. The van der Waals surface area contributed by atoms with E-state index in [9.17, 15) is 9.18 Å². The van der Waals surface area contributed by atoms with Gasteiger partial charge in [-0.25, -0.2) is 14.2 Å². The summed E-state index contributed by atoms with van der Waals surface area (Å²) < 4.78 is 18.8. The van der Waals surface area contributed by atoms with Crippen LogP contribution >= 0.6 is 0 Å². The van der Waals surface area contributed by atoms with Gasteiger partial charge in [0.2, 0.25) is 6.08 Å². The summed E-state index contributed by atoms with van der Waals surface area (Å²) in [6.45, 7) is 4.01. The molecule has 0 aliphatic rings. The molecule has 0 fully saturated rings. The summed E-state index contributed by atoms with van der Waals surface area (Å²) in [5.41, 5.74) is 0.785. The Morgan fingerprint density at radius 2 is 2.25 bits per heavy atom. The van der Waals surface area contributed by atoms with E-state index >= 15 is 0 Å². The zero-order valence-corrected chi connectivity index (χ0v) is 9.37. The minimum atomic E-state index is -0.388. The van der Waals surface area contributed by atoms with Gasteiger partial charge in [0.1, 0.15) is 0 Å². The van der Waals surface area contributed by atoms with E-state index < -0.39 is 0 Å². The van der Waals surface area contributed by atoms with Gasteiger partial charge in [0, 0.05) is 0 Å². The number of isocyanates is 1. The lowest BCUT2D eigenvalue weighted by atomic mass is 10.1. The quantitative estimate of drug-likeness (QED) is 0.568. The molecule has 0 spiro atoms. The van der Waals surface area contributed by atoms with E-state index in [0.717, 1.165) is 5.56 Å². The molecular weight excluding hydrogens is 209 g/mol. The Balaban J connectivity index is 2.70. The molecule has 1 rings (SSSR count). The van der Waals surface area contributed by atoms with Crippen molar-refractivity contribution in [2.75, 3.05) is 6.54 Å². The highest BCUT2D eigenvalue weighted by molar-refractivity contribution is 5.33. The standard InChI is InChI=1S/C12H14FNO2/c1-9(2)16-12-4-3-10(7-11(12)13)5-6-14-8-15/h3-4,7,9H,5-6H2,1-2H3. The maximum Gasteiger partial charge on any atom is 0.234 e. The summed E-state index contributed by atoms with van der Waals surface area (Å²) in [7, 11) is 0. The minimum absolute atomic E-state index is 0.0555. The van der Waals surface area contributed by atoms with Crippen LogP contribution in [0.25, 0.3) is 0 Å². The average molecular weight is 223 g/mol. The zero-order chi connectivity index (χ0) is 12.0. The number of benzene rings is 1. The summed E-state index contributed by atoms with van der Waals surface area (Å²) in [6, 6.07) is 4.76. The van der Waals surface area contributed by atoms with Crippen molar-refractivity contribution in [3.05, 3.63) is 29.6 Å². The second kappa shape index (κ2) is 6.03. The summed E-state index contributed by atoms with van der Waals surface area (Å²) in [4.78, 5) is 13.3. The van der Waals surface area contributed by atoms with Crippen molar-refractivity contribution in [3.63, 3.8) is 0 Å². The molecule has 0 bridgehead atoms. The summed E-state index contributed by atoms with van der Waals surface area (Å²) in [6.07, 6.45) is 1.91. The Labute approximate surface area is 94.0 Å². The molecular formula is C12H14FNO2. The van der Waals surface area contributed by atoms with Gasteiger partial charge in [-0.15, -0.1) is 0 Å². The Morgan fingerprint density at radius 1 is 1.50 bits per heavy atom. The largest absolute Gasteiger partial charge is 0.488 e. The van der Waals surface area contributed by atoms with E-state index in [0.29, 0.717) is 13.0 Å². The van der Waals surface area contributed by atoms with Crippen LogP contribution in [0.4, 0.5) is 4.39 Å². The van der Waals surface area contributed by atoms with Crippen molar-refractivity contribution in [2.24, 2.45) is 4.99 Å². The van der Waals surface area contributed by atoms with Crippen molar-refractivity contribution < 1.29 is 13.9 Å². The highest BCUT2D eigenvalue weighted by atomic mass is 19.1. The molecule has 0 unspecified atom stereocenters. The molecule has 0 atom stereocenters. The average Bonchev–Trinajstić information content (AvgIpc) is 2.22. The van der Waals surface area contributed by atoms with E-state index in [-0.39, 0.29) is 17.7 Å². The Hall–Kier alpha value is -1.67. The topological polar surface area (TPSA) is 38.7 Å². The van der Waals surface area contributed by atoms with Crippen LogP contribution in [0.5, 0.6) is 5.75 Å². The van der Waals surface area contributed by atoms with Gasteiger partial charge in [-0.2, -0.15) is 0 Å². The third-order valence-corrected chi connectivity index (χ3v) is 1.94. The molecule has 0 aliphatic carbocycles. The van der Waals surface area contributed by atoms with Crippen LogP contribution in [0.1, 0.15) is 19.4 Å². The van der Waals surface area contributed by atoms with Gasteiger partial charge in [-0.05, 0) is 38.0 Å². The predicted octanol–water partition coefficient (Wildman–Crippen LogP) is 2.49. The first kappa shape index (κ1) is 12.4. The first-order valence-electron chi connectivity index (χ1n) is 5.12. The molecule has 0 heterocycles. The molecule has 0 radical (unpaired) electrons. The van der Waals surface area contributed by atoms with E-state index in [1.54, 1.807) is 12.1 Å². The second-order valence-electron chi connectivity index (χ2n) is 3.65. The van der Waals surface area contributed by atoms with Crippen molar-refractivity contribution in [1.29, 1.82) is 0 Å². The maximum atomic E-state index is 13.5. The smallest absolute Gasteiger partial charge is 0.234 e. The molecule has 86 valence electrons. The minimum Gasteiger partial charge on any atom is -0.488 e. The third-order valence-electron chi connectivity index (χ3n) is 1.94. The molecule has 3 nitrogen and oxygen atoms in total. The first-order valence-corrected chi connectivity index (χ1v) is 5.12. The van der Waals surface area contributed by atoms with Crippen LogP contribution in [0.15, 0.2) is 23.2 Å². The van der Waals surface area contributed by atoms with Crippen molar-refractivity contribution in [3.8, 4) is 5.75 Å². The van der Waals surface area contributed by atoms with Gasteiger partial charge in [0.15, 0.2) is 11.6 Å². The molecule has 1 aromatic rings. The number of rotatable bonds is 5. The van der Waals surface area contributed by atoms with Gasteiger partial charge >= 0.3 is 0 Å². The number of aliphatic imine (C=N–C) groups is 1. The molecule has 0 aliphatic heterocycles. The van der Waals surface area contributed by atoms with E-state index in [4.69, 9.17) is 4.74 Å². The normalized spacial score (nSPS) is 10.0. The van der Waals surface area contributed by atoms with E-state index in [1.807, 2.05) is 13.8 Å². The highest BCUT2D eigenvalue weighted by Gasteiger charge is 2.06. The lowest BCUT2D eigenvalue weighted by Gasteiger charge is -2.11. The Kier molecular flexibility index (Phi) is 4.67. The van der Waals surface area contributed by atoms with Crippen molar-refractivity contribution >= 4 is 6.08 Å². The number of halogens is 1. The molecule has 0 saturated heterocycles. The fourth-order valence-electron chi connectivity index (χ4n) is 1.28. The summed E-state index contributed by atoms with van der Waals surface area (Å²) in [5, 5.41) is 0. The number of ether oxygens (including phenoxy) is 1. The third kappa shape index (κ3) is 3.83. The number of carbonyl (C=O) groups excluding carboxylic acids is 1. The van der Waals surface area contributed by atoms with Gasteiger partial charge < -0.3 is 4.74 Å². The fourth-order valence-corrected chi connectivity index (χ4v) is 1.28. The van der Waals surface area contributed by atoms with Crippen molar-refractivity contribution in [1.82, 2.24) is 0 Å². The maximum absolute atomic E-state index is 13.5. The fraction of sp³-hybridized carbons (Fsp3) is 0.417. The van der Waals surface area contributed by atoms with Crippen LogP contribution in [-0.4, -0.2) is 18.7 Å². The molecule has 16 heavy (non-hydrogen) atoms. The number of hydrogen-bond donors (Lipinski definition) is 0. The van der Waals surface area contributed by atoms with Gasteiger partial charge in [-0.1, -0.05) is 6.07 Å². The zero-order valence-electron chi connectivity index (χ0n) is 9.37. The molecule has 1 aromatic carbocycles. The molecule has 0 amide bonds. The monoisotopic (exact) mass is 223 g/mol. The Bertz CT molecular complexity index is 398. The van der Waals surface area contributed by atoms with Crippen LogP contribution in [0.3, 0.4) is 0 Å². The summed E-state index contributed by atoms with van der Waals surface area (Å²) in [5.74, 6) is -0.140. The van der Waals surface area contributed by atoms with Crippen molar-refractivity contribution in [2.45, 2.75) is 26.4 Å². The highest BCUT2D eigenvalue weighted by Crippen LogP contribution is 2.19. The lowest BCUT2D eigenvalue weighted by molar-refractivity contribution is 0.231. The first-order chi connectivity index (χ1) is 7.63. The van der Waals surface area contributed by atoms with Gasteiger partial charge in [0.25, 0.3) is 0 Å². The van der Waals surface area contributed by atoms with E-state index in [1.165, 1.54) is 12.1 Å². The molecule has 0 N–H and O–H groups in total. The van der Waals surface area contributed by atoms with Gasteiger partial charge in [0.05, 0.1) is 12.6 Å². The second-order valence-corrected chi connectivity index (χ2v) is 3.65. The lowest BCUT2D eigenvalue weighted by Crippen LogP contribution is -2.07. The van der Waals surface area contributed by atoms with Crippen LogP contribution in [0.2, 0.25) is 0 Å². The molecule has 0 aromatic heterocycles. The van der Waals surface area contributed by atoms with Gasteiger partial charge in [-0.3, -0.25) is 0 Å². The Morgan fingerprint density at radius 3 is 2.81 bits per heavy atom.